The fourth-order valence-electron chi connectivity index (χ4n) is 16.9. The number of aromatic nitrogens is 1. The molecule has 0 spiro atoms. The lowest BCUT2D eigenvalue weighted by Crippen LogP contribution is -2.61. The quantitative estimate of drug-likeness (QED) is 0.0135. The zero-order valence-corrected chi connectivity index (χ0v) is 83.3. The number of aliphatic hydroxyl groups excluding tert-OH is 2. The number of aryl methyl sites for hydroxylation is 1. The van der Waals surface area contributed by atoms with Crippen LogP contribution in [0, 0.1) is 42.4 Å². The summed E-state index contributed by atoms with van der Waals surface area (Å²) >= 11 is 5.54. The van der Waals surface area contributed by atoms with Crippen molar-refractivity contribution >= 4 is 68.1 Å². The van der Waals surface area contributed by atoms with Crippen LogP contribution >= 0.6 is 12.2 Å². The van der Waals surface area contributed by atoms with Gasteiger partial charge in [0.25, 0.3) is 17.6 Å². The molecule has 3 aromatic rings. The van der Waals surface area contributed by atoms with Gasteiger partial charge in [-0.1, -0.05) is 91.0 Å². The number of nitrogens with zero attached hydrogens (tertiary/aromatic N) is 3. The average Bonchev–Trinajstić information content (AvgIpc) is 0.939. The van der Waals surface area contributed by atoms with Crippen molar-refractivity contribution in [3.63, 3.8) is 0 Å². The predicted octanol–water partition coefficient (Wildman–Crippen LogP) is 13.5. The van der Waals surface area contributed by atoms with Crippen LogP contribution in [0.3, 0.4) is 0 Å². The Labute approximate surface area is 796 Å². The number of methoxy groups -OCH3 is 5. The monoisotopic (exact) mass is 1910 g/mol. The third kappa shape index (κ3) is 39.0. The standard InChI is InChI=1S/C56H89NO14S.C29H33N3O6S.C16H34O6/c1-34-18-13-12-14-19-35(2)46(66-9)32-42-24-22-40(7)56(64,71-42)53(61)54(62)57-26-16-15-20-43(57)55(63)70-47(33-44(58)36(3)29-39(6)51(60)52(68-11)50(59)38(5)28-34)37(4)30-41-23-25-45(48(31-41)67-10)69-49(72)21-17-27-65-8;1-20-16-25(39(35,36)15-3-4-24(33)11-13-37-2)7-8-26(20)29(34)32-12-14-38-27-9-5-21(17-23(27)19-32)22-6-10-28(30)31-18-22;1-3-5-17-7-9-19-11-13-21-15-16-22-14-12-20-10-8-18-6-4-2/h12-14,18-19,29,34,36-38,40-48,51-52,58,60,64H,15-17,20-28,30-33H2,1-11H3;5-10,16-18H,3-4,11-15,19H2,1-2H3,(H2,30,31);3-16H2,1-2H3/b14-12+,18-13+,35-19+,39-29+;;/t34-,36-,37-,38-,40-,41+,42+,43+,44-,45-,46+,47+,48-,51-,52+,56-;;/m1../s1. The van der Waals surface area contributed by atoms with Gasteiger partial charge in [-0.25, -0.2) is 18.2 Å². The maximum Gasteiger partial charge on any atom is 0.329 e. The van der Waals surface area contributed by atoms with E-state index in [2.05, 4.69) is 18.8 Å². The fraction of sp³-hybridized carbons (Fsp3) is 0.683. The number of sulfone groups is 1. The van der Waals surface area contributed by atoms with E-state index in [1.54, 1.807) is 78.3 Å². The molecule has 30 nitrogen and oxygen atoms in total. The number of cyclic esters (lactones) is 1. The number of nitrogens with two attached hydrogens (primary N) is 1. The summed E-state index contributed by atoms with van der Waals surface area (Å²) in [4.78, 5) is 89.6. The van der Waals surface area contributed by atoms with Gasteiger partial charge in [0.1, 0.15) is 54.4 Å². The number of Topliss-reactive ketones (excluding diaryl/α,β-unsaturated/α-hetero) is 3. The van der Waals surface area contributed by atoms with Crippen LogP contribution in [-0.2, 0) is 107 Å². The number of rotatable bonds is 40. The highest BCUT2D eigenvalue weighted by molar-refractivity contribution is 7.91. The molecule has 748 valence electrons. The molecule has 5 aliphatic rings. The number of carbonyl (C=O) groups excluding carboxylic acids is 6. The third-order valence-corrected chi connectivity index (χ3v) is 27.0. The number of amides is 2. The number of ketones is 3. The third-order valence-electron chi connectivity index (χ3n) is 24.9. The molecule has 3 fully saturated rings. The minimum atomic E-state index is -3.59. The highest BCUT2D eigenvalue weighted by atomic mass is 32.2. The maximum absolute atomic E-state index is 14.6. The number of hydrogen-bond donors (Lipinski definition) is 4. The Balaban J connectivity index is 0.000000368. The number of fused-ring (bicyclic) bond motifs is 4. The lowest BCUT2D eigenvalue weighted by Gasteiger charge is -2.43. The van der Waals surface area contributed by atoms with Gasteiger partial charge in [0.05, 0.1) is 114 Å². The first kappa shape index (κ1) is 115. The van der Waals surface area contributed by atoms with Gasteiger partial charge in [-0.15, -0.1) is 0 Å². The van der Waals surface area contributed by atoms with Gasteiger partial charge in [0.2, 0.25) is 5.79 Å². The molecule has 16 atom stereocenters. The molecular formula is C101H156N4O26S2. The number of aliphatic hydroxyl groups is 3. The van der Waals surface area contributed by atoms with Crippen LogP contribution in [0.5, 0.6) is 5.75 Å². The van der Waals surface area contributed by atoms with Gasteiger partial charge >= 0.3 is 5.97 Å². The molecule has 5 N–H and O–H groups in total. The summed E-state index contributed by atoms with van der Waals surface area (Å²) in [5.74, 6) is -6.48. The number of hydrogen-bond acceptors (Lipinski definition) is 29. The summed E-state index contributed by atoms with van der Waals surface area (Å²) in [6, 6.07) is 12.9. The summed E-state index contributed by atoms with van der Waals surface area (Å²) in [5.41, 5.74) is 10.8. The van der Waals surface area contributed by atoms with Crippen molar-refractivity contribution in [3.8, 4) is 16.9 Å². The van der Waals surface area contributed by atoms with E-state index in [1.807, 2.05) is 82.3 Å². The predicted molar refractivity (Wildman–Crippen MR) is 512 cm³/mol. The normalized spacial score (nSPS) is 26.6. The highest BCUT2D eigenvalue weighted by Crippen LogP contribution is 2.40. The van der Waals surface area contributed by atoms with E-state index in [0.29, 0.717) is 191 Å². The Kier molecular flexibility index (Phi) is 53.3. The van der Waals surface area contributed by atoms with E-state index in [9.17, 15) is 52.5 Å². The topological polar surface area (TPSA) is 381 Å². The van der Waals surface area contributed by atoms with Gasteiger partial charge in [0, 0.05) is 141 Å². The number of allylic oxidation sites excluding steroid dienone is 5. The number of piperidine rings is 1. The molecule has 32 heteroatoms. The average molecular weight is 1910 g/mol. The second-order valence-electron chi connectivity index (χ2n) is 35.6. The number of pyridine rings is 1. The van der Waals surface area contributed by atoms with Crippen molar-refractivity contribution < 1.29 is 124 Å². The highest BCUT2D eigenvalue weighted by Gasteiger charge is 2.53. The SMILES string of the molecule is CCCOCCOCCOCCOCCOCCOCCC.COCCC(=O)CCCS(=O)(=O)c1ccc(C(=O)N2CCOc3ccc(-c4ccc(N)nc4)cc3C2)c(C)c1.COCCCC(=S)O[C@@H]1CC[C@@H](C[C@@H](C)[C@@H]2C[C@@H](O)[C@H](C)/C=C(\C)[C@@H](O)[C@@H](OC)C(=O)[C@H](C)C[C@H](C)/C=C/C=C/C=C(\C)[C@@H](OC)C[C@@H]3CC[C@@H](C)[C@@](O)(O3)C(=O)C(=O)N3CCCC[C@H]3C(=O)O2)C[C@H]1OC. The first-order chi connectivity index (χ1) is 63.8. The first-order valence-corrected chi connectivity index (χ1v) is 49.7. The van der Waals surface area contributed by atoms with E-state index in [-0.39, 0.29) is 96.7 Å². The molecule has 2 amide bonds. The molecule has 4 aliphatic heterocycles. The molecular weight excluding hydrogens is 1750 g/mol. The lowest BCUT2D eigenvalue weighted by atomic mass is 9.78. The van der Waals surface area contributed by atoms with Gasteiger partial charge in [-0.2, -0.15) is 0 Å². The van der Waals surface area contributed by atoms with Gasteiger partial charge < -0.3 is 102 Å². The van der Waals surface area contributed by atoms with Gasteiger partial charge in [-0.05, 0) is 205 Å². The first-order valence-electron chi connectivity index (χ1n) is 47.7. The molecule has 2 aromatic carbocycles. The Morgan fingerprint density at radius 2 is 1.33 bits per heavy atom. The number of nitrogen functional groups attached to an aromatic ring is 1. The minimum Gasteiger partial charge on any atom is -0.491 e. The largest absolute Gasteiger partial charge is 0.491 e. The zero-order valence-electron chi connectivity index (χ0n) is 81.7. The molecule has 8 rings (SSSR count). The second kappa shape index (κ2) is 61.9. The van der Waals surface area contributed by atoms with E-state index < -0.39 is 93.7 Å². The van der Waals surface area contributed by atoms with Crippen molar-refractivity contribution in [2.24, 2.45) is 35.5 Å². The van der Waals surface area contributed by atoms with Crippen molar-refractivity contribution in [2.45, 2.75) is 263 Å². The summed E-state index contributed by atoms with van der Waals surface area (Å²) in [7, 11) is 4.23. The van der Waals surface area contributed by atoms with Crippen LogP contribution in [0.4, 0.5) is 5.82 Å². The molecule has 1 saturated carbocycles. The van der Waals surface area contributed by atoms with E-state index in [4.69, 9.17) is 89.0 Å². The van der Waals surface area contributed by atoms with Crippen molar-refractivity contribution in [1.29, 1.82) is 0 Å². The molecule has 2 bridgehead atoms. The molecule has 1 aromatic heterocycles. The number of anilines is 1. The molecule has 0 unspecified atom stereocenters. The Hall–Kier alpha value is -7.19. The van der Waals surface area contributed by atoms with Crippen LogP contribution in [-0.4, -0.2) is 293 Å². The Morgan fingerprint density at radius 3 is 1.94 bits per heavy atom. The number of carbonyl (C=O) groups is 6. The summed E-state index contributed by atoms with van der Waals surface area (Å²) in [5, 5.41) is 36.0. The van der Waals surface area contributed by atoms with Crippen LogP contribution in [0.25, 0.3) is 11.1 Å². The minimum absolute atomic E-state index is 0.0172. The number of esters is 1. The molecule has 1 aliphatic carbocycles. The zero-order chi connectivity index (χ0) is 97.4. The molecule has 133 heavy (non-hydrogen) atoms. The molecule has 2 saturated heterocycles. The van der Waals surface area contributed by atoms with Crippen molar-refractivity contribution in [3.05, 3.63) is 119 Å². The number of ether oxygens (including phenoxy) is 15. The smallest absolute Gasteiger partial charge is 0.329 e. The second-order valence-corrected chi connectivity index (χ2v) is 38.1. The van der Waals surface area contributed by atoms with Crippen LogP contribution in [0.15, 0.2) is 107 Å². The molecule has 5 heterocycles. The van der Waals surface area contributed by atoms with E-state index in [1.165, 1.54) is 31.3 Å². The number of benzene rings is 2. The van der Waals surface area contributed by atoms with E-state index in [0.717, 1.165) is 66.9 Å². The van der Waals surface area contributed by atoms with Gasteiger partial charge in [0.15, 0.2) is 20.7 Å². The maximum atomic E-state index is 14.6. The van der Waals surface area contributed by atoms with Crippen molar-refractivity contribution in [1.82, 2.24) is 14.8 Å². The Bertz CT molecular complexity index is 4220. The summed E-state index contributed by atoms with van der Waals surface area (Å²) in [6.45, 7) is 28.6. The molecule has 0 radical (unpaired) electrons. The van der Waals surface area contributed by atoms with Crippen LogP contribution < -0.4 is 10.5 Å². The number of thiocarbonyl (C=S) groups is 1. The van der Waals surface area contributed by atoms with Gasteiger partial charge in [-0.3, -0.25) is 24.0 Å². The van der Waals surface area contributed by atoms with Crippen molar-refractivity contribution in [2.75, 3.05) is 159 Å². The Morgan fingerprint density at radius 1 is 0.677 bits per heavy atom. The fourth-order valence-corrected chi connectivity index (χ4v) is 18.6. The lowest BCUT2D eigenvalue weighted by molar-refractivity contribution is -0.265. The van der Waals surface area contributed by atoms with Crippen LogP contribution in [0.2, 0.25) is 0 Å². The summed E-state index contributed by atoms with van der Waals surface area (Å²) < 4.78 is 110. The van der Waals surface area contributed by atoms with Crippen LogP contribution in [0.1, 0.15) is 206 Å². The summed E-state index contributed by atoms with van der Waals surface area (Å²) in [6.07, 6.45) is 17.4. The van der Waals surface area contributed by atoms with E-state index >= 15 is 0 Å².